The summed E-state index contributed by atoms with van der Waals surface area (Å²) < 4.78 is 38.1. The van der Waals surface area contributed by atoms with Crippen molar-refractivity contribution in [2.75, 3.05) is 10.6 Å². The van der Waals surface area contributed by atoms with Crippen LogP contribution in [0.2, 0.25) is 0 Å². The summed E-state index contributed by atoms with van der Waals surface area (Å²) >= 11 is 0. The Labute approximate surface area is 135 Å². The molecular weight excluding hydrogens is 321 g/mol. The summed E-state index contributed by atoms with van der Waals surface area (Å²) in [4.78, 5) is 23.5. The second-order valence-corrected chi connectivity index (χ2v) is 5.45. The van der Waals surface area contributed by atoms with Crippen LogP contribution in [-0.2, 0) is 17.4 Å². The lowest BCUT2D eigenvalue weighted by Crippen LogP contribution is -2.19. The van der Waals surface area contributed by atoms with Gasteiger partial charge in [0.15, 0.2) is 0 Å². The molecule has 2 aromatic rings. The molecule has 2 N–H and O–H groups in total. The molecule has 0 fully saturated rings. The van der Waals surface area contributed by atoms with Gasteiger partial charge in [0.2, 0.25) is 5.91 Å². The van der Waals surface area contributed by atoms with Gasteiger partial charge in [-0.3, -0.25) is 9.59 Å². The summed E-state index contributed by atoms with van der Waals surface area (Å²) in [6.45, 7) is 0. The number of carbonyl (C=O) groups excluding carboxylic acids is 2. The van der Waals surface area contributed by atoms with Gasteiger partial charge in [-0.25, -0.2) is 0 Å². The van der Waals surface area contributed by atoms with Gasteiger partial charge in [-0.1, -0.05) is 6.07 Å². The molecule has 24 heavy (non-hydrogen) atoms. The van der Waals surface area contributed by atoms with Crippen LogP contribution in [0.25, 0.3) is 0 Å². The van der Waals surface area contributed by atoms with Crippen LogP contribution >= 0.6 is 0 Å². The Bertz CT molecular complexity index is 816. The maximum absolute atomic E-state index is 12.7. The van der Waals surface area contributed by atoms with E-state index >= 15 is 0 Å². The number of benzene rings is 2. The molecule has 1 aliphatic heterocycles. The molecule has 7 heteroatoms. The second kappa shape index (κ2) is 5.99. The molecular formula is C17H13F3N2O2. The van der Waals surface area contributed by atoms with Gasteiger partial charge in [-0.15, -0.1) is 0 Å². The minimum absolute atomic E-state index is 0.0664. The van der Waals surface area contributed by atoms with Gasteiger partial charge in [-0.2, -0.15) is 13.2 Å². The Morgan fingerprint density at radius 1 is 1.08 bits per heavy atom. The predicted molar refractivity (Wildman–Crippen MR) is 82.8 cm³/mol. The summed E-state index contributed by atoms with van der Waals surface area (Å²) in [7, 11) is 0. The number of anilines is 2. The van der Waals surface area contributed by atoms with Gasteiger partial charge < -0.3 is 10.6 Å². The van der Waals surface area contributed by atoms with Crippen molar-refractivity contribution in [3.8, 4) is 0 Å². The molecule has 0 bridgehead atoms. The summed E-state index contributed by atoms with van der Waals surface area (Å²) in [5, 5.41) is 5.30. The topological polar surface area (TPSA) is 58.2 Å². The van der Waals surface area contributed by atoms with Gasteiger partial charge in [0, 0.05) is 23.4 Å². The van der Waals surface area contributed by atoms with Crippen LogP contribution in [-0.4, -0.2) is 11.8 Å². The van der Waals surface area contributed by atoms with Crippen molar-refractivity contribution in [3.63, 3.8) is 0 Å². The molecule has 4 nitrogen and oxygen atoms in total. The molecule has 0 unspecified atom stereocenters. The molecule has 0 saturated carbocycles. The van der Waals surface area contributed by atoms with Crippen LogP contribution in [0.15, 0.2) is 42.5 Å². The van der Waals surface area contributed by atoms with E-state index in [2.05, 4.69) is 10.6 Å². The zero-order chi connectivity index (χ0) is 17.3. The summed E-state index contributed by atoms with van der Waals surface area (Å²) in [5.41, 5.74) is 1.08. The van der Waals surface area contributed by atoms with E-state index < -0.39 is 17.6 Å². The first-order valence-corrected chi connectivity index (χ1v) is 7.24. The van der Waals surface area contributed by atoms with Crippen LogP contribution < -0.4 is 10.6 Å². The number of nitrogens with one attached hydrogen (secondary N) is 2. The number of alkyl halides is 3. The first kappa shape index (κ1) is 16.0. The van der Waals surface area contributed by atoms with Gasteiger partial charge >= 0.3 is 6.18 Å². The van der Waals surface area contributed by atoms with E-state index in [1.807, 2.05) is 0 Å². The lowest BCUT2D eigenvalue weighted by Gasteiger charge is -2.17. The van der Waals surface area contributed by atoms with E-state index in [-0.39, 0.29) is 11.5 Å². The smallest absolute Gasteiger partial charge is 0.326 e. The summed E-state index contributed by atoms with van der Waals surface area (Å²) in [6.07, 6.45) is -3.59. The SMILES string of the molecule is O=C1CCc2cc(NC(=O)c3cccc(C(F)(F)F)c3)ccc2N1. The number of carbonyl (C=O) groups is 2. The summed E-state index contributed by atoms with van der Waals surface area (Å²) in [6, 6.07) is 9.21. The molecule has 0 radical (unpaired) electrons. The first-order valence-electron chi connectivity index (χ1n) is 7.24. The third kappa shape index (κ3) is 3.40. The van der Waals surface area contributed by atoms with E-state index in [4.69, 9.17) is 0 Å². The van der Waals surface area contributed by atoms with Crippen LogP contribution in [0.1, 0.15) is 27.9 Å². The number of fused-ring (bicyclic) bond motifs is 1. The number of halogens is 3. The molecule has 0 aliphatic carbocycles. The summed E-state index contributed by atoms with van der Waals surface area (Å²) in [5.74, 6) is -0.691. The maximum atomic E-state index is 12.7. The average molecular weight is 334 g/mol. The molecule has 0 atom stereocenters. The van der Waals surface area contributed by atoms with E-state index in [0.29, 0.717) is 24.2 Å². The molecule has 1 aliphatic rings. The predicted octanol–water partition coefficient (Wildman–Crippen LogP) is 3.84. The third-order valence-electron chi connectivity index (χ3n) is 3.71. The molecule has 1 heterocycles. The molecule has 0 saturated heterocycles. The molecule has 3 rings (SSSR count). The second-order valence-electron chi connectivity index (χ2n) is 5.45. The van der Waals surface area contributed by atoms with Crippen molar-refractivity contribution in [2.45, 2.75) is 19.0 Å². The molecule has 2 aromatic carbocycles. The Morgan fingerprint density at radius 3 is 2.62 bits per heavy atom. The zero-order valence-electron chi connectivity index (χ0n) is 12.4. The van der Waals surface area contributed by atoms with E-state index in [9.17, 15) is 22.8 Å². The highest BCUT2D eigenvalue weighted by Gasteiger charge is 2.30. The maximum Gasteiger partial charge on any atom is 0.416 e. The van der Waals surface area contributed by atoms with Crippen molar-refractivity contribution in [1.29, 1.82) is 0 Å². The third-order valence-corrected chi connectivity index (χ3v) is 3.71. The average Bonchev–Trinajstić information content (AvgIpc) is 2.54. The van der Waals surface area contributed by atoms with Crippen molar-refractivity contribution in [1.82, 2.24) is 0 Å². The van der Waals surface area contributed by atoms with Gasteiger partial charge in [0.25, 0.3) is 5.91 Å². The van der Waals surface area contributed by atoms with E-state index in [0.717, 1.165) is 17.7 Å². The van der Waals surface area contributed by atoms with E-state index in [1.54, 1.807) is 18.2 Å². The standard InChI is InChI=1S/C17H13F3N2O2/c18-17(19,20)12-3-1-2-11(8-12)16(24)21-13-5-6-14-10(9-13)4-7-15(23)22-14/h1-3,5-6,8-9H,4,7H2,(H,21,24)(H,22,23). The highest BCUT2D eigenvalue weighted by Crippen LogP contribution is 2.30. The lowest BCUT2D eigenvalue weighted by molar-refractivity contribution is -0.137. The van der Waals surface area contributed by atoms with Gasteiger partial charge in [0.05, 0.1) is 5.56 Å². The fraction of sp³-hybridized carbons (Fsp3) is 0.176. The number of amides is 2. The molecule has 124 valence electrons. The normalized spacial score (nSPS) is 13.9. The van der Waals surface area contributed by atoms with Crippen molar-refractivity contribution >= 4 is 23.2 Å². The molecule has 0 aromatic heterocycles. The largest absolute Gasteiger partial charge is 0.416 e. The fourth-order valence-electron chi connectivity index (χ4n) is 2.50. The zero-order valence-corrected chi connectivity index (χ0v) is 12.4. The lowest BCUT2D eigenvalue weighted by atomic mass is 10.0. The minimum Gasteiger partial charge on any atom is -0.326 e. The Hall–Kier alpha value is -2.83. The number of hydrogen-bond acceptors (Lipinski definition) is 2. The number of hydrogen-bond donors (Lipinski definition) is 2. The van der Waals surface area contributed by atoms with E-state index in [1.165, 1.54) is 12.1 Å². The van der Waals surface area contributed by atoms with Gasteiger partial charge in [-0.05, 0) is 48.4 Å². The highest BCUT2D eigenvalue weighted by molar-refractivity contribution is 6.04. The fourth-order valence-corrected chi connectivity index (χ4v) is 2.50. The highest BCUT2D eigenvalue weighted by atomic mass is 19.4. The first-order chi connectivity index (χ1) is 11.3. The monoisotopic (exact) mass is 334 g/mol. The van der Waals surface area contributed by atoms with Crippen LogP contribution in [0.3, 0.4) is 0 Å². The van der Waals surface area contributed by atoms with Crippen LogP contribution in [0.5, 0.6) is 0 Å². The quantitative estimate of drug-likeness (QED) is 0.877. The van der Waals surface area contributed by atoms with Crippen LogP contribution in [0.4, 0.5) is 24.5 Å². The minimum atomic E-state index is -4.50. The van der Waals surface area contributed by atoms with Crippen molar-refractivity contribution < 1.29 is 22.8 Å². The van der Waals surface area contributed by atoms with Crippen molar-refractivity contribution in [3.05, 3.63) is 59.2 Å². The Balaban J connectivity index is 1.79. The van der Waals surface area contributed by atoms with Gasteiger partial charge in [0.1, 0.15) is 0 Å². The Morgan fingerprint density at radius 2 is 1.88 bits per heavy atom. The number of aryl methyl sites for hydroxylation is 1. The molecule has 0 spiro atoms. The number of rotatable bonds is 2. The molecule has 2 amide bonds. The van der Waals surface area contributed by atoms with Crippen LogP contribution in [0, 0.1) is 0 Å². The van der Waals surface area contributed by atoms with Crippen molar-refractivity contribution in [2.24, 2.45) is 0 Å². The Kier molecular flexibility index (Phi) is 4.01.